The topological polar surface area (TPSA) is 41.3 Å². The van der Waals surface area contributed by atoms with Gasteiger partial charge < -0.3 is 4.90 Å². The second kappa shape index (κ2) is 6.22. The highest BCUT2D eigenvalue weighted by atomic mass is 35.5. The third kappa shape index (κ3) is 3.37. The number of nitrogens with zero attached hydrogens (tertiary/aromatic N) is 1. The maximum absolute atomic E-state index is 6.21. The Labute approximate surface area is 119 Å². The summed E-state index contributed by atoms with van der Waals surface area (Å²) in [5, 5.41) is 1.18. The second-order valence-corrected chi connectivity index (χ2v) is 5.97. The van der Waals surface area contributed by atoms with Gasteiger partial charge in [0, 0.05) is 11.6 Å². The third-order valence-corrected chi connectivity index (χ3v) is 4.52. The number of hydrogen-bond donors (Lipinski definition) is 2. The van der Waals surface area contributed by atoms with E-state index in [9.17, 15) is 0 Å². The molecule has 0 saturated heterocycles. The molecule has 0 radical (unpaired) electrons. The monoisotopic (exact) mass is 289 g/mol. The number of halogens is 2. The second-order valence-electron chi connectivity index (χ2n) is 5.18. The zero-order valence-corrected chi connectivity index (χ0v) is 12.8. The molecule has 0 heterocycles. The van der Waals surface area contributed by atoms with Gasteiger partial charge in [0.25, 0.3) is 0 Å². The highest BCUT2D eigenvalue weighted by Crippen LogP contribution is 2.28. The van der Waals surface area contributed by atoms with Gasteiger partial charge in [-0.1, -0.05) is 35.3 Å². The quantitative estimate of drug-likeness (QED) is 0.647. The van der Waals surface area contributed by atoms with Crippen LogP contribution in [0.15, 0.2) is 18.2 Å². The number of rotatable bonds is 5. The zero-order chi connectivity index (χ0) is 13.9. The van der Waals surface area contributed by atoms with Crippen LogP contribution in [0.1, 0.15) is 19.4 Å². The standard InChI is InChI=1S/C13H21Cl2N3/c1-13(2,18(3)4)11(17-16)8-9-6-5-7-10(14)12(9)15/h5-7,11,17H,8,16H2,1-4H3. The lowest BCUT2D eigenvalue weighted by Gasteiger charge is -2.40. The Morgan fingerprint density at radius 1 is 1.33 bits per heavy atom. The smallest absolute Gasteiger partial charge is 0.0624 e. The molecule has 0 aliphatic rings. The molecule has 3 N–H and O–H groups in total. The van der Waals surface area contributed by atoms with Crippen LogP contribution in [0.4, 0.5) is 0 Å². The number of likely N-dealkylation sites (N-methyl/N-ethyl adjacent to an activating group) is 1. The Hall–Kier alpha value is -0.320. The van der Waals surface area contributed by atoms with E-state index in [0.29, 0.717) is 10.0 Å². The molecule has 5 heteroatoms. The van der Waals surface area contributed by atoms with Crippen LogP contribution in [0.5, 0.6) is 0 Å². The molecule has 1 unspecified atom stereocenters. The van der Waals surface area contributed by atoms with Crippen LogP contribution >= 0.6 is 23.2 Å². The molecular weight excluding hydrogens is 269 g/mol. The van der Waals surface area contributed by atoms with Crippen molar-refractivity contribution in [3.63, 3.8) is 0 Å². The van der Waals surface area contributed by atoms with E-state index in [2.05, 4.69) is 24.2 Å². The summed E-state index contributed by atoms with van der Waals surface area (Å²) in [5.41, 5.74) is 3.78. The van der Waals surface area contributed by atoms with Gasteiger partial charge >= 0.3 is 0 Å². The number of hydrogen-bond acceptors (Lipinski definition) is 3. The molecule has 1 aromatic carbocycles. The van der Waals surface area contributed by atoms with Gasteiger partial charge in [-0.2, -0.15) is 0 Å². The molecule has 0 amide bonds. The Kier molecular flexibility index (Phi) is 5.44. The van der Waals surface area contributed by atoms with Gasteiger partial charge in [0.2, 0.25) is 0 Å². The van der Waals surface area contributed by atoms with E-state index in [1.54, 1.807) is 6.07 Å². The van der Waals surface area contributed by atoms with E-state index in [0.717, 1.165) is 12.0 Å². The fraction of sp³-hybridized carbons (Fsp3) is 0.538. The summed E-state index contributed by atoms with van der Waals surface area (Å²) in [6.45, 7) is 4.27. The van der Waals surface area contributed by atoms with E-state index < -0.39 is 0 Å². The van der Waals surface area contributed by atoms with Crippen molar-refractivity contribution < 1.29 is 0 Å². The van der Waals surface area contributed by atoms with Crippen molar-refractivity contribution in [1.82, 2.24) is 10.3 Å². The minimum absolute atomic E-state index is 0.0727. The number of nitrogens with one attached hydrogen (secondary N) is 1. The fourth-order valence-corrected chi connectivity index (χ4v) is 2.15. The van der Waals surface area contributed by atoms with Gasteiger partial charge in [-0.15, -0.1) is 0 Å². The highest BCUT2D eigenvalue weighted by Gasteiger charge is 2.31. The van der Waals surface area contributed by atoms with Gasteiger partial charge in [0.15, 0.2) is 0 Å². The van der Waals surface area contributed by atoms with Gasteiger partial charge in [-0.25, -0.2) is 0 Å². The molecule has 0 spiro atoms. The minimum Gasteiger partial charge on any atom is -0.303 e. The molecule has 18 heavy (non-hydrogen) atoms. The van der Waals surface area contributed by atoms with Crippen LogP contribution in [0, 0.1) is 0 Å². The molecular formula is C13H21Cl2N3. The summed E-state index contributed by atoms with van der Waals surface area (Å²) in [4.78, 5) is 2.13. The van der Waals surface area contributed by atoms with Crippen molar-refractivity contribution in [2.45, 2.75) is 31.8 Å². The van der Waals surface area contributed by atoms with E-state index >= 15 is 0 Å². The van der Waals surface area contributed by atoms with E-state index in [1.165, 1.54) is 0 Å². The van der Waals surface area contributed by atoms with E-state index in [1.807, 2.05) is 26.2 Å². The van der Waals surface area contributed by atoms with Crippen LogP contribution in [-0.4, -0.2) is 30.6 Å². The Morgan fingerprint density at radius 2 is 1.94 bits per heavy atom. The van der Waals surface area contributed by atoms with Crippen molar-refractivity contribution in [3.8, 4) is 0 Å². The van der Waals surface area contributed by atoms with Crippen molar-refractivity contribution in [2.75, 3.05) is 14.1 Å². The molecule has 1 atom stereocenters. The van der Waals surface area contributed by atoms with Crippen LogP contribution in [0.3, 0.4) is 0 Å². The van der Waals surface area contributed by atoms with Gasteiger partial charge in [0.05, 0.1) is 10.0 Å². The van der Waals surface area contributed by atoms with Crippen molar-refractivity contribution in [1.29, 1.82) is 0 Å². The number of benzene rings is 1. The number of nitrogens with two attached hydrogens (primary N) is 1. The highest BCUT2D eigenvalue weighted by molar-refractivity contribution is 6.42. The summed E-state index contributed by atoms with van der Waals surface area (Å²) in [6.07, 6.45) is 0.723. The van der Waals surface area contributed by atoms with Crippen molar-refractivity contribution in [2.24, 2.45) is 5.84 Å². The summed E-state index contributed by atoms with van der Waals surface area (Å²) in [7, 11) is 4.06. The summed E-state index contributed by atoms with van der Waals surface area (Å²) >= 11 is 12.2. The maximum Gasteiger partial charge on any atom is 0.0624 e. The summed E-state index contributed by atoms with van der Waals surface area (Å²) in [6, 6.07) is 5.74. The molecule has 0 aromatic heterocycles. The lowest BCUT2D eigenvalue weighted by atomic mass is 9.88. The largest absolute Gasteiger partial charge is 0.303 e. The third-order valence-electron chi connectivity index (χ3n) is 3.66. The predicted octanol–water partition coefficient (Wildman–Crippen LogP) is 2.71. The summed E-state index contributed by atoms with van der Waals surface area (Å²) in [5.74, 6) is 5.68. The zero-order valence-electron chi connectivity index (χ0n) is 11.3. The predicted molar refractivity (Wildman–Crippen MR) is 79.0 cm³/mol. The first-order valence-electron chi connectivity index (χ1n) is 5.87. The van der Waals surface area contributed by atoms with Gasteiger partial charge in [0.1, 0.15) is 0 Å². The van der Waals surface area contributed by atoms with Gasteiger partial charge in [-0.3, -0.25) is 11.3 Å². The maximum atomic E-state index is 6.21. The Morgan fingerprint density at radius 3 is 2.44 bits per heavy atom. The molecule has 0 fully saturated rings. The molecule has 0 aliphatic heterocycles. The van der Waals surface area contributed by atoms with E-state index in [-0.39, 0.29) is 11.6 Å². The first-order chi connectivity index (χ1) is 8.30. The normalized spacial score (nSPS) is 14.0. The van der Waals surface area contributed by atoms with Crippen LogP contribution < -0.4 is 11.3 Å². The fourth-order valence-electron chi connectivity index (χ4n) is 1.75. The Bertz CT molecular complexity index is 405. The first-order valence-corrected chi connectivity index (χ1v) is 6.62. The minimum atomic E-state index is -0.0968. The molecule has 102 valence electrons. The average Bonchev–Trinajstić information content (AvgIpc) is 2.30. The molecule has 0 bridgehead atoms. The van der Waals surface area contributed by atoms with Crippen molar-refractivity contribution in [3.05, 3.63) is 33.8 Å². The van der Waals surface area contributed by atoms with Gasteiger partial charge in [-0.05, 0) is 46.0 Å². The molecule has 0 saturated carbocycles. The SMILES string of the molecule is CN(C)C(C)(C)C(Cc1cccc(Cl)c1Cl)NN. The Balaban J connectivity index is 2.97. The van der Waals surface area contributed by atoms with E-state index in [4.69, 9.17) is 29.0 Å². The molecule has 1 rings (SSSR count). The lowest BCUT2D eigenvalue weighted by molar-refractivity contribution is 0.137. The molecule has 1 aromatic rings. The lowest BCUT2D eigenvalue weighted by Crippen LogP contribution is -2.58. The number of hydrazine groups is 1. The first kappa shape index (κ1) is 15.7. The van der Waals surface area contributed by atoms with Crippen molar-refractivity contribution >= 4 is 23.2 Å². The van der Waals surface area contributed by atoms with Crippen LogP contribution in [-0.2, 0) is 6.42 Å². The molecule has 0 aliphatic carbocycles. The van der Waals surface area contributed by atoms with Crippen LogP contribution in [0.2, 0.25) is 10.0 Å². The molecule has 3 nitrogen and oxygen atoms in total. The van der Waals surface area contributed by atoms with Crippen LogP contribution in [0.25, 0.3) is 0 Å². The average molecular weight is 290 g/mol. The summed E-state index contributed by atoms with van der Waals surface area (Å²) < 4.78 is 0.